The summed E-state index contributed by atoms with van der Waals surface area (Å²) >= 11 is 0. The topological polar surface area (TPSA) is 45.7 Å². The molecule has 0 aliphatic carbocycles. The number of hydrogen-bond acceptors (Lipinski definition) is 2. The van der Waals surface area contributed by atoms with Gasteiger partial charge in [-0.15, -0.1) is 0 Å². The van der Waals surface area contributed by atoms with Crippen molar-refractivity contribution in [1.82, 2.24) is 10.6 Å². The lowest BCUT2D eigenvalue weighted by Crippen LogP contribution is -2.45. The third-order valence-electron chi connectivity index (χ3n) is 3.98. The molecule has 0 saturated carbocycles. The van der Waals surface area contributed by atoms with Gasteiger partial charge in [-0.2, -0.15) is 13.2 Å². The second-order valence-corrected chi connectivity index (χ2v) is 6.15. The summed E-state index contributed by atoms with van der Waals surface area (Å²) in [7, 11) is 0. The quantitative estimate of drug-likeness (QED) is 0.637. The highest BCUT2D eigenvalue weighted by atomic mass is 19.4. The minimum absolute atomic E-state index is 0.190. The Morgan fingerprint density at radius 2 is 1.96 bits per heavy atom. The Morgan fingerprint density at radius 1 is 1.25 bits per heavy atom. The van der Waals surface area contributed by atoms with E-state index in [-0.39, 0.29) is 5.60 Å². The minimum Gasteiger partial charge on any atom is -0.373 e. The third-order valence-corrected chi connectivity index (χ3v) is 3.98. The summed E-state index contributed by atoms with van der Waals surface area (Å²) < 4.78 is 43.4. The Hall–Kier alpha value is -1.76. The second kappa shape index (κ2) is 7.88. The summed E-state index contributed by atoms with van der Waals surface area (Å²) in [6.45, 7) is 6.46. The standard InChI is InChI=1S/C17H24F3N3O/c1-3-21-15(23-12-16(2)9-4-10-24-16)22-11-13-5-7-14(8-6-13)17(18,19)20/h5-8H,3-4,9-12H2,1-2H3,(H2,21,22,23). The average molecular weight is 343 g/mol. The molecule has 1 aliphatic rings. The van der Waals surface area contributed by atoms with Crippen LogP contribution >= 0.6 is 0 Å². The van der Waals surface area contributed by atoms with Crippen LogP contribution in [0.2, 0.25) is 0 Å². The predicted octanol–water partition coefficient (Wildman–Crippen LogP) is 3.33. The molecule has 1 aliphatic heterocycles. The Labute approximate surface area is 140 Å². The largest absolute Gasteiger partial charge is 0.416 e. The Bertz CT molecular complexity index is 549. The fraction of sp³-hybridized carbons (Fsp3) is 0.588. The van der Waals surface area contributed by atoms with E-state index in [1.54, 1.807) is 0 Å². The number of nitrogens with one attached hydrogen (secondary N) is 2. The van der Waals surface area contributed by atoms with E-state index in [9.17, 15) is 13.2 Å². The van der Waals surface area contributed by atoms with E-state index in [1.807, 2.05) is 6.92 Å². The number of nitrogens with zero attached hydrogens (tertiary/aromatic N) is 1. The van der Waals surface area contributed by atoms with Crippen molar-refractivity contribution in [2.45, 2.75) is 45.0 Å². The molecular formula is C17H24F3N3O. The number of halogens is 3. The first-order valence-corrected chi connectivity index (χ1v) is 8.15. The van der Waals surface area contributed by atoms with Crippen LogP contribution in [-0.4, -0.2) is 31.3 Å². The van der Waals surface area contributed by atoms with Gasteiger partial charge in [0.25, 0.3) is 0 Å². The third kappa shape index (κ3) is 5.40. The van der Waals surface area contributed by atoms with Gasteiger partial charge in [0.15, 0.2) is 5.96 Å². The van der Waals surface area contributed by atoms with E-state index < -0.39 is 11.7 Å². The van der Waals surface area contributed by atoms with E-state index >= 15 is 0 Å². The van der Waals surface area contributed by atoms with E-state index in [1.165, 1.54) is 12.1 Å². The zero-order valence-electron chi connectivity index (χ0n) is 14.0. The molecule has 0 bridgehead atoms. The molecule has 1 aromatic carbocycles. The number of benzene rings is 1. The van der Waals surface area contributed by atoms with Crippen molar-refractivity contribution in [2.24, 2.45) is 4.99 Å². The lowest BCUT2D eigenvalue weighted by atomic mass is 10.0. The molecule has 0 aromatic heterocycles. The Kier molecular flexibility index (Phi) is 6.10. The van der Waals surface area contributed by atoms with Crippen LogP contribution in [0.15, 0.2) is 29.3 Å². The zero-order chi connectivity index (χ0) is 17.6. The molecule has 7 heteroatoms. The fourth-order valence-electron chi connectivity index (χ4n) is 2.56. The molecule has 1 aromatic rings. The zero-order valence-corrected chi connectivity index (χ0v) is 14.0. The summed E-state index contributed by atoms with van der Waals surface area (Å²) in [6.07, 6.45) is -2.26. The summed E-state index contributed by atoms with van der Waals surface area (Å²) in [5.74, 6) is 0.633. The molecule has 1 atom stereocenters. The van der Waals surface area contributed by atoms with Crippen LogP contribution in [0.3, 0.4) is 0 Å². The molecule has 2 N–H and O–H groups in total. The maximum atomic E-state index is 12.6. The molecule has 0 spiro atoms. The number of hydrogen-bond donors (Lipinski definition) is 2. The summed E-state index contributed by atoms with van der Waals surface area (Å²) in [5.41, 5.74) is -0.111. The van der Waals surface area contributed by atoms with Gasteiger partial charge >= 0.3 is 6.18 Å². The van der Waals surface area contributed by atoms with Gasteiger partial charge in [-0.1, -0.05) is 12.1 Å². The molecule has 1 fully saturated rings. The Morgan fingerprint density at radius 3 is 2.50 bits per heavy atom. The monoisotopic (exact) mass is 343 g/mol. The van der Waals surface area contributed by atoms with Crippen molar-refractivity contribution in [3.05, 3.63) is 35.4 Å². The maximum Gasteiger partial charge on any atom is 0.416 e. The molecule has 2 rings (SSSR count). The van der Waals surface area contributed by atoms with Crippen LogP contribution in [0.4, 0.5) is 13.2 Å². The minimum atomic E-state index is -4.31. The van der Waals surface area contributed by atoms with Crippen LogP contribution in [0.5, 0.6) is 0 Å². The molecular weight excluding hydrogens is 319 g/mol. The van der Waals surface area contributed by atoms with E-state index in [0.29, 0.717) is 25.6 Å². The van der Waals surface area contributed by atoms with Crippen LogP contribution < -0.4 is 10.6 Å². The van der Waals surface area contributed by atoms with Gasteiger partial charge in [-0.3, -0.25) is 0 Å². The number of ether oxygens (including phenoxy) is 1. The van der Waals surface area contributed by atoms with Gasteiger partial charge in [-0.25, -0.2) is 4.99 Å². The number of aliphatic imine (C=N–C) groups is 1. The second-order valence-electron chi connectivity index (χ2n) is 6.15. The normalized spacial score (nSPS) is 21.8. The van der Waals surface area contributed by atoms with Crippen molar-refractivity contribution >= 4 is 5.96 Å². The highest BCUT2D eigenvalue weighted by Crippen LogP contribution is 2.29. The van der Waals surface area contributed by atoms with Gasteiger partial charge in [0.2, 0.25) is 0 Å². The summed E-state index contributed by atoms with van der Waals surface area (Å²) in [6, 6.07) is 5.08. The van der Waals surface area contributed by atoms with Crippen LogP contribution in [0.25, 0.3) is 0 Å². The van der Waals surface area contributed by atoms with Crippen LogP contribution in [-0.2, 0) is 17.5 Å². The SMILES string of the molecule is CCNC(=NCc1ccc(C(F)(F)F)cc1)NCC1(C)CCCO1. The highest BCUT2D eigenvalue weighted by molar-refractivity contribution is 5.79. The van der Waals surface area contributed by atoms with Gasteiger partial charge in [0.05, 0.1) is 17.7 Å². The van der Waals surface area contributed by atoms with E-state index in [0.717, 1.165) is 37.1 Å². The van der Waals surface area contributed by atoms with Crippen molar-refractivity contribution in [3.63, 3.8) is 0 Å². The van der Waals surface area contributed by atoms with Crippen molar-refractivity contribution in [3.8, 4) is 0 Å². The predicted molar refractivity (Wildman–Crippen MR) is 87.9 cm³/mol. The summed E-state index contributed by atoms with van der Waals surface area (Å²) in [5, 5.41) is 6.38. The van der Waals surface area contributed by atoms with Crippen molar-refractivity contribution < 1.29 is 17.9 Å². The van der Waals surface area contributed by atoms with Crippen LogP contribution in [0.1, 0.15) is 37.8 Å². The fourth-order valence-corrected chi connectivity index (χ4v) is 2.56. The first-order valence-electron chi connectivity index (χ1n) is 8.15. The molecule has 1 heterocycles. The number of alkyl halides is 3. The Balaban J connectivity index is 1.94. The first-order chi connectivity index (χ1) is 11.3. The van der Waals surface area contributed by atoms with Crippen molar-refractivity contribution in [2.75, 3.05) is 19.7 Å². The average Bonchev–Trinajstić information content (AvgIpc) is 2.97. The maximum absolute atomic E-state index is 12.6. The summed E-state index contributed by atoms with van der Waals surface area (Å²) in [4.78, 5) is 4.43. The van der Waals surface area contributed by atoms with Crippen LogP contribution in [0, 0.1) is 0 Å². The molecule has 4 nitrogen and oxygen atoms in total. The number of rotatable bonds is 5. The highest BCUT2D eigenvalue weighted by Gasteiger charge is 2.30. The van der Waals surface area contributed by atoms with Gasteiger partial charge in [0, 0.05) is 19.7 Å². The van der Waals surface area contributed by atoms with Gasteiger partial charge in [-0.05, 0) is 44.4 Å². The number of guanidine groups is 1. The molecule has 0 radical (unpaired) electrons. The smallest absolute Gasteiger partial charge is 0.373 e. The molecule has 24 heavy (non-hydrogen) atoms. The van der Waals surface area contributed by atoms with Gasteiger partial charge in [0.1, 0.15) is 0 Å². The lowest BCUT2D eigenvalue weighted by Gasteiger charge is -2.24. The van der Waals surface area contributed by atoms with Gasteiger partial charge < -0.3 is 15.4 Å². The lowest BCUT2D eigenvalue weighted by molar-refractivity contribution is -0.137. The van der Waals surface area contributed by atoms with Crippen molar-refractivity contribution in [1.29, 1.82) is 0 Å². The molecule has 134 valence electrons. The molecule has 0 amide bonds. The molecule has 1 unspecified atom stereocenters. The van der Waals surface area contributed by atoms with E-state index in [2.05, 4.69) is 22.5 Å². The van der Waals surface area contributed by atoms with E-state index in [4.69, 9.17) is 4.74 Å². The first kappa shape index (κ1) is 18.6. The molecule has 1 saturated heterocycles.